The minimum atomic E-state index is -3.13. The molecule has 1 unspecified atom stereocenters. The van der Waals surface area contributed by atoms with Crippen molar-refractivity contribution in [3.8, 4) is 5.75 Å². The molecule has 2 aliphatic rings. The van der Waals surface area contributed by atoms with Crippen molar-refractivity contribution < 1.29 is 31.9 Å². The number of hydrogen-bond donors (Lipinski definition) is 0. The first kappa shape index (κ1) is 22.0. The maximum Gasteiger partial charge on any atom is 0.344 e. The average Bonchev–Trinajstić information content (AvgIpc) is 3.29. The summed E-state index contributed by atoms with van der Waals surface area (Å²) >= 11 is 3.14. The van der Waals surface area contributed by atoms with Gasteiger partial charge in [0.1, 0.15) is 11.6 Å². The van der Waals surface area contributed by atoms with Gasteiger partial charge in [-0.1, -0.05) is 12.8 Å². The normalized spacial score (nSPS) is 21.1. The Balaban J connectivity index is 1.54. The van der Waals surface area contributed by atoms with Crippen LogP contribution in [0.2, 0.25) is 0 Å². The summed E-state index contributed by atoms with van der Waals surface area (Å²) in [6.45, 7) is -0.890. The third-order valence-electron chi connectivity index (χ3n) is 5.20. The second kappa shape index (κ2) is 9.42. The molecule has 0 radical (unpaired) electrons. The number of hydrogen-bond acceptors (Lipinski definition) is 6. The third kappa shape index (κ3) is 5.91. The van der Waals surface area contributed by atoms with Gasteiger partial charge >= 0.3 is 5.97 Å². The molecule has 1 saturated heterocycles. The van der Waals surface area contributed by atoms with Crippen LogP contribution in [0.5, 0.6) is 5.75 Å². The highest BCUT2D eigenvalue weighted by molar-refractivity contribution is 9.10. The van der Waals surface area contributed by atoms with Crippen molar-refractivity contribution in [2.45, 2.75) is 44.2 Å². The summed E-state index contributed by atoms with van der Waals surface area (Å²) < 4.78 is 47.5. The van der Waals surface area contributed by atoms with Gasteiger partial charge in [0.25, 0.3) is 5.91 Å². The average molecular weight is 492 g/mol. The van der Waals surface area contributed by atoms with Crippen LogP contribution in [0.15, 0.2) is 22.7 Å². The van der Waals surface area contributed by atoms with E-state index in [0.29, 0.717) is 10.9 Å². The Labute approximate surface area is 177 Å². The Hall–Kier alpha value is -1.68. The number of amides is 1. The van der Waals surface area contributed by atoms with E-state index >= 15 is 0 Å². The van der Waals surface area contributed by atoms with Crippen molar-refractivity contribution in [3.05, 3.63) is 28.5 Å². The molecule has 0 aromatic heterocycles. The summed E-state index contributed by atoms with van der Waals surface area (Å²) in [6, 6.07) is 3.41. The second-order valence-corrected chi connectivity index (χ2v) is 10.4. The number of sulfone groups is 1. The fourth-order valence-electron chi connectivity index (χ4n) is 3.87. The summed E-state index contributed by atoms with van der Waals surface area (Å²) in [7, 11) is -3.13. The van der Waals surface area contributed by atoms with Crippen LogP contribution < -0.4 is 4.74 Å². The molecule has 1 amide bonds. The molecule has 29 heavy (non-hydrogen) atoms. The largest absolute Gasteiger partial charge is 0.481 e. The van der Waals surface area contributed by atoms with Crippen molar-refractivity contribution in [1.82, 2.24) is 4.90 Å². The number of nitrogens with zero attached hydrogens (tertiary/aromatic N) is 1. The standard InChI is InChI=1S/C19H23BrFNO6S/c20-16-9-13(21)5-6-17(16)27-11-19(24)28-10-18(23)22(14-3-1-2-4-14)15-7-8-29(25,26)12-15/h5-6,9,14-15H,1-4,7-8,10-12H2. The lowest BCUT2D eigenvalue weighted by atomic mass is 10.1. The van der Waals surface area contributed by atoms with E-state index in [1.54, 1.807) is 4.90 Å². The minimum absolute atomic E-state index is 0.00840. The maximum absolute atomic E-state index is 13.1. The van der Waals surface area contributed by atoms with E-state index in [4.69, 9.17) is 9.47 Å². The van der Waals surface area contributed by atoms with Gasteiger partial charge in [-0.05, 0) is 53.4 Å². The summed E-state index contributed by atoms with van der Waals surface area (Å²) in [5, 5.41) is 0. The van der Waals surface area contributed by atoms with E-state index in [-0.39, 0.29) is 35.2 Å². The topological polar surface area (TPSA) is 90.0 Å². The van der Waals surface area contributed by atoms with E-state index in [9.17, 15) is 22.4 Å². The first-order valence-corrected chi connectivity index (χ1v) is 12.1. The van der Waals surface area contributed by atoms with Gasteiger partial charge in [0.05, 0.1) is 16.0 Å². The SMILES string of the molecule is O=C(COc1ccc(F)cc1Br)OCC(=O)N(C1CCCC1)C1CCS(=O)(=O)C1. The van der Waals surface area contributed by atoms with Gasteiger partial charge in [0, 0.05) is 12.1 Å². The molecule has 0 N–H and O–H groups in total. The summed E-state index contributed by atoms with van der Waals surface area (Å²) in [6.07, 6.45) is 4.07. The zero-order valence-corrected chi connectivity index (χ0v) is 18.2. The zero-order valence-electron chi connectivity index (χ0n) is 15.8. The van der Waals surface area contributed by atoms with Crippen LogP contribution in [-0.4, -0.2) is 62.0 Å². The number of ether oxygens (including phenoxy) is 2. The summed E-state index contributed by atoms with van der Waals surface area (Å²) in [4.78, 5) is 26.4. The number of carbonyl (C=O) groups excluding carboxylic acids is 2. The smallest absolute Gasteiger partial charge is 0.344 e. The molecule has 0 bridgehead atoms. The van der Waals surface area contributed by atoms with E-state index in [1.807, 2.05) is 0 Å². The molecule has 0 spiro atoms. The molecular weight excluding hydrogens is 469 g/mol. The maximum atomic E-state index is 13.1. The highest BCUT2D eigenvalue weighted by atomic mass is 79.9. The molecule has 1 atom stereocenters. The van der Waals surface area contributed by atoms with Crippen molar-refractivity contribution in [3.63, 3.8) is 0 Å². The van der Waals surface area contributed by atoms with Crippen LogP contribution in [0.25, 0.3) is 0 Å². The second-order valence-electron chi connectivity index (χ2n) is 7.32. The number of esters is 1. The van der Waals surface area contributed by atoms with Crippen LogP contribution >= 0.6 is 15.9 Å². The Kier molecular flexibility index (Phi) is 7.15. The van der Waals surface area contributed by atoms with Crippen molar-refractivity contribution in [2.24, 2.45) is 0 Å². The lowest BCUT2D eigenvalue weighted by molar-refractivity contribution is -0.155. The molecule has 2 fully saturated rings. The molecule has 10 heteroatoms. The Morgan fingerprint density at radius 3 is 2.48 bits per heavy atom. The highest BCUT2D eigenvalue weighted by Crippen LogP contribution is 2.29. The van der Waals surface area contributed by atoms with Crippen LogP contribution in [-0.2, 0) is 24.2 Å². The van der Waals surface area contributed by atoms with Gasteiger partial charge < -0.3 is 14.4 Å². The predicted octanol–water partition coefficient (Wildman–Crippen LogP) is 2.47. The molecule has 1 aromatic rings. The predicted molar refractivity (Wildman–Crippen MR) is 107 cm³/mol. The fraction of sp³-hybridized carbons (Fsp3) is 0.579. The van der Waals surface area contributed by atoms with Gasteiger partial charge in [-0.3, -0.25) is 4.79 Å². The Morgan fingerprint density at radius 2 is 1.86 bits per heavy atom. The zero-order chi connectivity index (χ0) is 21.0. The number of carbonyl (C=O) groups is 2. The molecule has 7 nitrogen and oxygen atoms in total. The first-order chi connectivity index (χ1) is 13.7. The molecule has 1 aromatic carbocycles. The van der Waals surface area contributed by atoms with E-state index in [1.165, 1.54) is 18.2 Å². The van der Waals surface area contributed by atoms with E-state index < -0.39 is 34.8 Å². The lowest BCUT2D eigenvalue weighted by Gasteiger charge is -2.33. The van der Waals surface area contributed by atoms with Crippen molar-refractivity contribution >= 4 is 37.6 Å². The van der Waals surface area contributed by atoms with Crippen LogP contribution in [0.3, 0.4) is 0 Å². The Morgan fingerprint density at radius 1 is 1.14 bits per heavy atom. The van der Waals surface area contributed by atoms with Crippen molar-refractivity contribution in [2.75, 3.05) is 24.7 Å². The Bertz CT molecular complexity index is 871. The number of benzene rings is 1. The van der Waals surface area contributed by atoms with Gasteiger partial charge in [0.2, 0.25) is 0 Å². The summed E-state index contributed by atoms with van der Waals surface area (Å²) in [5.74, 6) is -1.24. The van der Waals surface area contributed by atoms with Gasteiger partial charge in [-0.25, -0.2) is 17.6 Å². The van der Waals surface area contributed by atoms with Crippen LogP contribution in [0, 0.1) is 5.82 Å². The number of rotatable bonds is 7. The number of halogens is 2. The molecule has 1 aliphatic carbocycles. The van der Waals surface area contributed by atoms with Gasteiger partial charge in [-0.2, -0.15) is 0 Å². The first-order valence-electron chi connectivity index (χ1n) is 9.50. The third-order valence-corrected chi connectivity index (χ3v) is 7.57. The fourth-order valence-corrected chi connectivity index (χ4v) is 6.05. The molecule has 160 valence electrons. The van der Waals surface area contributed by atoms with E-state index in [2.05, 4.69) is 15.9 Å². The molecule has 1 aliphatic heterocycles. The highest BCUT2D eigenvalue weighted by Gasteiger charge is 2.39. The van der Waals surface area contributed by atoms with Gasteiger partial charge in [0.15, 0.2) is 23.1 Å². The monoisotopic (exact) mass is 491 g/mol. The lowest BCUT2D eigenvalue weighted by Crippen LogP contribution is -2.48. The minimum Gasteiger partial charge on any atom is -0.481 e. The van der Waals surface area contributed by atoms with E-state index in [0.717, 1.165) is 25.7 Å². The van der Waals surface area contributed by atoms with Crippen LogP contribution in [0.1, 0.15) is 32.1 Å². The van der Waals surface area contributed by atoms with Crippen molar-refractivity contribution in [1.29, 1.82) is 0 Å². The molecule has 1 heterocycles. The summed E-state index contributed by atoms with van der Waals surface area (Å²) in [5.41, 5.74) is 0. The van der Waals surface area contributed by atoms with Gasteiger partial charge in [-0.15, -0.1) is 0 Å². The molecule has 3 rings (SSSR count). The molecule has 1 saturated carbocycles. The quantitative estimate of drug-likeness (QED) is 0.544. The molecular formula is C19H23BrFNO6S. The van der Waals surface area contributed by atoms with Crippen LogP contribution in [0.4, 0.5) is 4.39 Å².